The largest absolute Gasteiger partial charge is 0.441 e. The van der Waals surface area contributed by atoms with Crippen LogP contribution in [0.2, 0.25) is 0 Å². The minimum atomic E-state index is -7.43. The Bertz CT molecular complexity index is 803. The summed E-state index contributed by atoms with van der Waals surface area (Å²) in [6.07, 6.45) is -25.3. The molecule has 0 aliphatic carbocycles. The Kier molecular flexibility index (Phi) is 7.12. The molecule has 0 amide bonds. The minimum Gasteiger partial charge on any atom is -0.289 e. The van der Waals surface area contributed by atoms with E-state index in [0.717, 1.165) is 0 Å². The molecule has 4 atom stereocenters. The second kappa shape index (κ2) is 7.48. The van der Waals surface area contributed by atoms with Gasteiger partial charge in [0.05, 0.1) is 0 Å². The number of hydrogen-bond acceptors (Lipinski definition) is 7. The lowest BCUT2D eigenvalue weighted by Gasteiger charge is -2.36. The van der Waals surface area contributed by atoms with E-state index in [-0.39, 0.29) is 0 Å². The first-order valence-electron chi connectivity index (χ1n) is 5.52. The zero-order chi connectivity index (χ0) is 23.1. The highest BCUT2D eigenvalue weighted by Gasteiger charge is 2.78. The van der Waals surface area contributed by atoms with Crippen LogP contribution in [-0.4, -0.2) is 59.0 Å². The van der Waals surface area contributed by atoms with Crippen molar-refractivity contribution < 1.29 is 81.7 Å². The molecule has 0 N–H and O–H groups in total. The zero-order valence-corrected chi connectivity index (χ0v) is 13.5. The first-order valence-corrected chi connectivity index (χ1v) is 8.14. The summed E-state index contributed by atoms with van der Waals surface area (Å²) in [6, 6.07) is 0. The van der Waals surface area contributed by atoms with Gasteiger partial charge < -0.3 is 0 Å². The fraction of sp³-hybridized carbons (Fsp3) is 0.857. The van der Waals surface area contributed by atoms with Gasteiger partial charge in [0.15, 0.2) is 0 Å². The van der Waals surface area contributed by atoms with Crippen LogP contribution in [-0.2, 0) is 34.2 Å². The molecule has 0 saturated carbocycles. The lowest BCUT2D eigenvalue weighted by Crippen LogP contribution is -2.67. The molecule has 0 heterocycles. The number of hydrogen-bond donors (Lipinski definition) is 0. The third kappa shape index (κ3) is 6.07. The SMILES string of the molecule is O=C(C(F)C(F)(F)F)C(F)(OS(=O)(=O)F)C(F)(OS(=O)(=O)F)C(F)C(F)(F)F. The average molecular weight is 490 g/mol. The van der Waals surface area contributed by atoms with Gasteiger partial charge in [0, 0.05) is 0 Å². The summed E-state index contributed by atoms with van der Waals surface area (Å²) in [7, 11) is -14.9. The van der Waals surface area contributed by atoms with Gasteiger partial charge in [0.25, 0.3) is 12.3 Å². The molecule has 0 rings (SSSR count). The van der Waals surface area contributed by atoms with E-state index < -0.39 is 63.2 Å². The summed E-state index contributed by atoms with van der Waals surface area (Å²) in [4.78, 5) is 11.1. The van der Waals surface area contributed by atoms with Crippen LogP contribution in [0.15, 0.2) is 0 Å². The van der Waals surface area contributed by atoms with Crippen LogP contribution in [0, 0.1) is 0 Å². The molecule has 0 fully saturated rings. The Hall–Kier alpha value is -1.35. The van der Waals surface area contributed by atoms with Crippen LogP contribution in [0.25, 0.3) is 0 Å². The van der Waals surface area contributed by atoms with Crippen LogP contribution in [0.5, 0.6) is 0 Å². The molecule has 21 heteroatoms. The zero-order valence-electron chi connectivity index (χ0n) is 11.9. The maximum Gasteiger partial charge on any atom is 0.441 e. The van der Waals surface area contributed by atoms with E-state index in [1.807, 2.05) is 8.37 Å². The van der Waals surface area contributed by atoms with E-state index >= 15 is 0 Å². The Morgan fingerprint density at radius 3 is 1.32 bits per heavy atom. The van der Waals surface area contributed by atoms with Crippen LogP contribution in [0.1, 0.15) is 0 Å². The van der Waals surface area contributed by atoms with Gasteiger partial charge in [-0.2, -0.15) is 55.9 Å². The van der Waals surface area contributed by atoms with E-state index in [2.05, 4.69) is 0 Å². The highest BCUT2D eigenvalue weighted by atomic mass is 32.3. The number of carbonyl (C=O) groups is 1. The summed E-state index contributed by atoms with van der Waals surface area (Å²) in [5, 5.41) is 0. The Labute approximate surface area is 146 Å². The molecule has 7 nitrogen and oxygen atoms in total. The standard InChI is InChI=1S/C7H2F12O7S2/c8-1(6(12,13)14)2(20)4(10,25-27(18,21)22)5(11,26-28(19,23)24)3(9)7(15,16)17/h1,3H. The fourth-order valence-corrected chi connectivity index (χ4v) is 2.28. The Morgan fingerprint density at radius 1 is 0.714 bits per heavy atom. The van der Waals surface area contributed by atoms with Crippen molar-refractivity contribution in [2.24, 2.45) is 0 Å². The number of ketones is 1. The Morgan fingerprint density at radius 2 is 1.07 bits per heavy atom. The summed E-state index contributed by atoms with van der Waals surface area (Å²) < 4.78 is 197. The number of carbonyl (C=O) groups excluding carboxylic acids is 1. The van der Waals surface area contributed by atoms with Gasteiger partial charge in [-0.3, -0.25) is 4.79 Å². The second-order valence-corrected chi connectivity index (χ2v) is 6.27. The molecule has 0 spiro atoms. The van der Waals surface area contributed by atoms with E-state index in [9.17, 15) is 73.3 Å². The number of halogens is 12. The molecule has 0 saturated heterocycles. The van der Waals surface area contributed by atoms with Gasteiger partial charge in [0.2, 0.25) is 5.78 Å². The Balaban J connectivity index is 7.03. The maximum atomic E-state index is 14.2. The topological polar surface area (TPSA) is 104 Å². The van der Waals surface area contributed by atoms with Crippen molar-refractivity contribution >= 4 is 26.8 Å². The van der Waals surface area contributed by atoms with Crippen molar-refractivity contribution in [2.45, 2.75) is 36.4 Å². The predicted octanol–water partition coefficient (Wildman–Crippen LogP) is 2.15. The van der Waals surface area contributed by atoms with Crippen LogP contribution in [0.3, 0.4) is 0 Å². The fourth-order valence-electron chi connectivity index (χ4n) is 1.33. The van der Waals surface area contributed by atoms with Gasteiger partial charge in [-0.1, -0.05) is 7.77 Å². The van der Waals surface area contributed by atoms with Gasteiger partial charge in [-0.25, -0.2) is 13.2 Å². The normalized spacial score (nSPS) is 20.7. The molecule has 0 aromatic rings. The first kappa shape index (κ1) is 26.6. The smallest absolute Gasteiger partial charge is 0.289 e. The van der Waals surface area contributed by atoms with Crippen LogP contribution in [0.4, 0.5) is 51.7 Å². The predicted molar refractivity (Wildman–Crippen MR) is 56.8 cm³/mol. The molecule has 28 heavy (non-hydrogen) atoms. The molecule has 0 aromatic carbocycles. The molecule has 0 aliphatic rings. The second-order valence-electron chi connectivity index (χ2n) is 4.37. The third-order valence-corrected chi connectivity index (χ3v) is 3.19. The highest BCUT2D eigenvalue weighted by molar-refractivity contribution is 7.81. The van der Waals surface area contributed by atoms with Gasteiger partial charge in [-0.05, 0) is 0 Å². The number of alkyl halides is 10. The first-order chi connectivity index (χ1) is 11.9. The quantitative estimate of drug-likeness (QED) is 0.380. The number of Topliss-reactive ketones (excluding diaryl/α,β-unsaturated/α-hetero) is 1. The summed E-state index contributed by atoms with van der Waals surface area (Å²) in [5.74, 6) is -18.6. The molecule has 0 aliphatic heterocycles. The molecule has 4 unspecified atom stereocenters. The lowest BCUT2D eigenvalue weighted by molar-refractivity contribution is -0.326. The summed E-state index contributed by atoms with van der Waals surface area (Å²) >= 11 is 0. The molecule has 168 valence electrons. The molecule has 0 aromatic heterocycles. The third-order valence-electron chi connectivity index (χ3n) is 2.32. The highest BCUT2D eigenvalue weighted by Crippen LogP contribution is 2.48. The molecular weight excluding hydrogens is 488 g/mol. The summed E-state index contributed by atoms with van der Waals surface area (Å²) in [6.45, 7) is 0. The van der Waals surface area contributed by atoms with Gasteiger partial charge >= 0.3 is 45.1 Å². The monoisotopic (exact) mass is 490 g/mol. The average Bonchev–Trinajstić information content (AvgIpc) is 2.38. The van der Waals surface area contributed by atoms with Crippen LogP contribution < -0.4 is 0 Å². The van der Waals surface area contributed by atoms with Crippen LogP contribution >= 0.6 is 0 Å². The van der Waals surface area contributed by atoms with E-state index in [1.54, 1.807) is 0 Å². The van der Waals surface area contributed by atoms with Crippen molar-refractivity contribution in [2.75, 3.05) is 0 Å². The maximum absolute atomic E-state index is 14.2. The number of rotatable bonds is 8. The van der Waals surface area contributed by atoms with Crippen molar-refractivity contribution in [3.8, 4) is 0 Å². The van der Waals surface area contributed by atoms with Crippen molar-refractivity contribution in [3.05, 3.63) is 0 Å². The van der Waals surface area contributed by atoms with E-state index in [1.165, 1.54) is 0 Å². The molecule has 0 bridgehead atoms. The van der Waals surface area contributed by atoms with Gasteiger partial charge in [-0.15, -0.1) is 0 Å². The summed E-state index contributed by atoms with van der Waals surface area (Å²) in [5.41, 5.74) is 0. The van der Waals surface area contributed by atoms with Gasteiger partial charge in [0.1, 0.15) is 0 Å². The van der Waals surface area contributed by atoms with E-state index in [4.69, 9.17) is 0 Å². The molecular formula is C7H2F12O7S2. The lowest BCUT2D eigenvalue weighted by atomic mass is 9.96. The van der Waals surface area contributed by atoms with E-state index in [0.29, 0.717) is 0 Å². The van der Waals surface area contributed by atoms with Crippen molar-refractivity contribution in [1.29, 1.82) is 0 Å². The molecule has 0 radical (unpaired) electrons. The minimum absolute atomic E-state index is 1.97. The van der Waals surface area contributed by atoms with Crippen molar-refractivity contribution in [1.82, 2.24) is 0 Å². The van der Waals surface area contributed by atoms with Crippen molar-refractivity contribution in [3.63, 3.8) is 0 Å².